The van der Waals surface area contributed by atoms with Gasteiger partial charge in [0.2, 0.25) is 0 Å². The van der Waals surface area contributed by atoms with E-state index in [9.17, 15) is 18.8 Å². The Bertz CT molecular complexity index is 1610. The Labute approximate surface area is 205 Å². The molecule has 0 amide bonds. The van der Waals surface area contributed by atoms with E-state index in [1.807, 2.05) is 22.6 Å². The highest BCUT2D eigenvalue weighted by atomic mass is 127. The zero-order valence-corrected chi connectivity index (χ0v) is 20.2. The number of aromatic nitrogens is 3. The van der Waals surface area contributed by atoms with Gasteiger partial charge in [0.1, 0.15) is 17.0 Å². The molecule has 0 atom stereocenters. The number of hydrogen-bond donors (Lipinski definition) is 1. The van der Waals surface area contributed by atoms with Crippen molar-refractivity contribution in [3.05, 3.63) is 94.7 Å². The van der Waals surface area contributed by atoms with Crippen molar-refractivity contribution < 1.29 is 4.39 Å². The minimum atomic E-state index is -0.620. The summed E-state index contributed by atoms with van der Waals surface area (Å²) in [5.74, 6) is -0.662. The second kappa shape index (κ2) is 8.14. The lowest BCUT2D eigenvalue weighted by Gasteiger charge is -2.19. The van der Waals surface area contributed by atoms with E-state index in [0.29, 0.717) is 22.1 Å². The number of benzene rings is 2. The zero-order chi connectivity index (χ0) is 23.4. The fraction of sp³-hybridized carbons (Fsp3) is 0.174. The number of pyridine rings is 1. The van der Waals surface area contributed by atoms with Crippen LogP contribution in [0, 0.1) is 16.3 Å². The van der Waals surface area contributed by atoms with Crippen LogP contribution in [0.3, 0.4) is 0 Å². The van der Waals surface area contributed by atoms with E-state index in [4.69, 9.17) is 11.8 Å². The third-order valence-corrected chi connectivity index (χ3v) is 6.68. The van der Waals surface area contributed by atoms with Gasteiger partial charge >= 0.3 is 5.69 Å². The van der Waals surface area contributed by atoms with E-state index in [0.717, 1.165) is 4.09 Å². The molecule has 5 rings (SSSR count). The fourth-order valence-electron chi connectivity index (χ4n) is 3.94. The lowest BCUT2D eigenvalue weighted by Crippen LogP contribution is -2.41. The maximum Gasteiger partial charge on any atom is 0.336 e. The highest BCUT2D eigenvalue weighted by Crippen LogP contribution is 2.34. The van der Waals surface area contributed by atoms with Crippen molar-refractivity contribution in [2.75, 3.05) is 5.32 Å². The van der Waals surface area contributed by atoms with Gasteiger partial charge in [0, 0.05) is 27.0 Å². The molecule has 2 aromatic carbocycles. The van der Waals surface area contributed by atoms with Crippen LogP contribution in [0.4, 0.5) is 15.9 Å². The molecule has 0 aliphatic heterocycles. The molecule has 0 saturated heterocycles. The van der Waals surface area contributed by atoms with E-state index in [2.05, 4.69) is 5.32 Å². The molecule has 0 bridgehead atoms. The quantitative estimate of drug-likeness (QED) is 0.363. The second-order valence-corrected chi connectivity index (χ2v) is 9.48. The van der Waals surface area contributed by atoms with Crippen LogP contribution < -0.4 is 22.1 Å². The van der Waals surface area contributed by atoms with Gasteiger partial charge in [-0.1, -0.05) is 18.2 Å². The molecule has 4 aromatic rings. The SMILES string of the molecule is Cc1c(=O)n(Cl)c(Nc2ccc(I)cc2F)c2c(=O)n(C3CC3)c(=O)n(-c3ccccc3)c12. The third-order valence-electron chi connectivity index (χ3n) is 5.69. The first-order valence-corrected chi connectivity index (χ1v) is 11.6. The molecule has 2 heterocycles. The first-order valence-electron chi connectivity index (χ1n) is 10.2. The van der Waals surface area contributed by atoms with Gasteiger partial charge in [-0.3, -0.25) is 18.7 Å². The van der Waals surface area contributed by atoms with Gasteiger partial charge in [0.05, 0.1) is 16.9 Å². The molecule has 33 heavy (non-hydrogen) atoms. The first kappa shape index (κ1) is 21.9. The van der Waals surface area contributed by atoms with E-state index in [-0.39, 0.29) is 34.0 Å². The molecule has 1 N–H and O–H groups in total. The number of nitrogens with zero attached hydrogens (tertiary/aromatic N) is 3. The summed E-state index contributed by atoms with van der Waals surface area (Å²) < 4.78 is 18.7. The Morgan fingerprint density at radius 2 is 1.76 bits per heavy atom. The molecule has 1 saturated carbocycles. The molecule has 1 aliphatic carbocycles. The number of hydrogen-bond acceptors (Lipinski definition) is 4. The summed E-state index contributed by atoms with van der Waals surface area (Å²) >= 11 is 8.33. The topological polar surface area (TPSA) is 78.0 Å². The van der Waals surface area contributed by atoms with Crippen molar-refractivity contribution >= 4 is 56.8 Å². The summed E-state index contributed by atoms with van der Waals surface area (Å²) in [5, 5.41) is 2.87. The standard InChI is InChI=1S/C23H17ClFIN4O3/c1-12-19-18(20(30(24)21(12)31)27-17-10-7-13(26)11-16(17)25)22(32)29(15-8-9-15)23(33)28(19)14-5-3-2-4-6-14/h2-7,10-11,15,27H,8-9H2,1H3. The van der Waals surface area contributed by atoms with E-state index >= 15 is 0 Å². The Morgan fingerprint density at radius 1 is 1.06 bits per heavy atom. The molecule has 1 fully saturated rings. The highest BCUT2D eigenvalue weighted by molar-refractivity contribution is 14.1. The average Bonchev–Trinajstić information content (AvgIpc) is 3.62. The summed E-state index contributed by atoms with van der Waals surface area (Å²) in [4.78, 5) is 40.2. The van der Waals surface area contributed by atoms with E-state index < -0.39 is 22.6 Å². The van der Waals surface area contributed by atoms with Gasteiger partial charge in [0.15, 0.2) is 0 Å². The van der Waals surface area contributed by atoms with Crippen LogP contribution in [0.15, 0.2) is 62.9 Å². The van der Waals surface area contributed by atoms with Crippen LogP contribution in [0.5, 0.6) is 0 Å². The molecule has 1 aliphatic rings. The lowest BCUT2D eigenvalue weighted by molar-refractivity contribution is 0.630. The van der Waals surface area contributed by atoms with Crippen LogP contribution in [-0.2, 0) is 0 Å². The number of para-hydroxylation sites is 1. The van der Waals surface area contributed by atoms with Crippen molar-refractivity contribution in [1.29, 1.82) is 0 Å². The summed E-state index contributed by atoms with van der Waals surface area (Å²) in [6.45, 7) is 1.51. The van der Waals surface area contributed by atoms with Crippen LogP contribution in [0.2, 0.25) is 0 Å². The summed E-state index contributed by atoms with van der Waals surface area (Å²) in [5.41, 5.74) is -0.895. The first-order chi connectivity index (χ1) is 15.8. The lowest BCUT2D eigenvalue weighted by atomic mass is 10.1. The van der Waals surface area contributed by atoms with Gasteiger partial charge < -0.3 is 5.32 Å². The molecular formula is C23H17ClFIN4O3. The molecule has 0 radical (unpaired) electrons. The van der Waals surface area contributed by atoms with Crippen LogP contribution in [0.1, 0.15) is 24.4 Å². The van der Waals surface area contributed by atoms with Crippen LogP contribution >= 0.6 is 34.4 Å². The minimum Gasteiger partial charge on any atom is -0.337 e. The van der Waals surface area contributed by atoms with E-state index in [1.165, 1.54) is 28.2 Å². The molecule has 168 valence electrons. The van der Waals surface area contributed by atoms with Gasteiger partial charge in [-0.25, -0.2) is 13.3 Å². The van der Waals surface area contributed by atoms with Crippen molar-refractivity contribution in [2.45, 2.75) is 25.8 Å². The number of rotatable bonds is 4. The zero-order valence-electron chi connectivity index (χ0n) is 17.3. The molecule has 0 spiro atoms. The fourth-order valence-corrected chi connectivity index (χ4v) is 4.65. The normalized spacial score (nSPS) is 13.5. The van der Waals surface area contributed by atoms with Gasteiger partial charge in [-0.2, -0.15) is 0 Å². The number of fused-ring (bicyclic) bond motifs is 1. The Balaban J connectivity index is 1.95. The van der Waals surface area contributed by atoms with Gasteiger partial charge in [0.25, 0.3) is 11.1 Å². The van der Waals surface area contributed by atoms with Crippen molar-refractivity contribution in [1.82, 2.24) is 13.2 Å². The maximum atomic E-state index is 14.6. The second-order valence-electron chi connectivity index (χ2n) is 7.89. The maximum absolute atomic E-state index is 14.6. The van der Waals surface area contributed by atoms with Gasteiger partial charge in [-0.15, -0.1) is 0 Å². The predicted molar refractivity (Wildman–Crippen MR) is 135 cm³/mol. The number of anilines is 2. The Kier molecular flexibility index (Phi) is 5.40. The largest absolute Gasteiger partial charge is 0.337 e. The van der Waals surface area contributed by atoms with Crippen molar-refractivity contribution in [2.24, 2.45) is 0 Å². The average molecular weight is 579 g/mol. The number of nitrogens with one attached hydrogen (secondary N) is 1. The third kappa shape index (κ3) is 3.59. The molecular weight excluding hydrogens is 562 g/mol. The van der Waals surface area contributed by atoms with Crippen molar-refractivity contribution in [3.63, 3.8) is 0 Å². The summed E-state index contributed by atoms with van der Waals surface area (Å²) in [6, 6.07) is 13.0. The molecule has 10 heteroatoms. The molecule has 0 unspecified atom stereocenters. The van der Waals surface area contributed by atoms with Crippen molar-refractivity contribution in [3.8, 4) is 5.69 Å². The number of aryl methyl sites for hydroxylation is 1. The van der Waals surface area contributed by atoms with Crippen LogP contribution in [0.25, 0.3) is 16.6 Å². The van der Waals surface area contributed by atoms with Gasteiger partial charge in [-0.05, 0) is 72.7 Å². The van der Waals surface area contributed by atoms with Crippen LogP contribution in [-0.4, -0.2) is 13.2 Å². The summed E-state index contributed by atoms with van der Waals surface area (Å²) in [7, 11) is 0. The monoisotopic (exact) mass is 578 g/mol. The molecule has 7 nitrogen and oxygen atoms in total. The summed E-state index contributed by atoms with van der Waals surface area (Å²) in [6.07, 6.45) is 1.40. The highest BCUT2D eigenvalue weighted by Gasteiger charge is 2.31. The minimum absolute atomic E-state index is 0.0374. The van der Waals surface area contributed by atoms with E-state index in [1.54, 1.807) is 36.4 Å². The smallest absolute Gasteiger partial charge is 0.336 e. The number of halogens is 3. The predicted octanol–water partition coefficient (Wildman–Crippen LogP) is 4.45. The Morgan fingerprint density at radius 3 is 2.39 bits per heavy atom. The molecule has 2 aromatic heterocycles. The Hall–Kier alpha value is -2.92.